The molecule has 2 aromatic carbocycles. The Labute approximate surface area is 128 Å². The van der Waals surface area contributed by atoms with Gasteiger partial charge in [-0.1, -0.05) is 42.5 Å². The minimum absolute atomic E-state index is 0.298. The summed E-state index contributed by atoms with van der Waals surface area (Å²) in [5.74, 6) is 0.298. The lowest BCUT2D eigenvalue weighted by Gasteiger charge is -2.28. The van der Waals surface area contributed by atoms with Crippen LogP contribution in [0.2, 0.25) is 0 Å². The van der Waals surface area contributed by atoms with Gasteiger partial charge in [0, 0.05) is 0 Å². The molecule has 1 fully saturated rings. The Morgan fingerprint density at radius 2 is 1.82 bits per heavy atom. The van der Waals surface area contributed by atoms with Gasteiger partial charge in [0.25, 0.3) is 6.01 Å². The molecule has 1 atom stereocenters. The summed E-state index contributed by atoms with van der Waals surface area (Å²) < 4.78 is 5.67. The standard InChI is InChI=1S/C18H18N2O2/c21-18(14-10-11-14,13-6-2-1-3-7-13)12-19-17-20-15-8-4-5-9-16(15)22-17/h1-9,14,21H,10-12H2,(H,19,20). The zero-order valence-electron chi connectivity index (χ0n) is 12.2. The zero-order valence-corrected chi connectivity index (χ0v) is 12.2. The molecule has 0 spiro atoms. The first kappa shape index (κ1) is 13.3. The number of hydrogen-bond acceptors (Lipinski definition) is 4. The lowest BCUT2D eigenvalue weighted by Crippen LogP contribution is -2.36. The van der Waals surface area contributed by atoms with Crippen molar-refractivity contribution in [3.05, 3.63) is 60.2 Å². The first-order valence-corrected chi connectivity index (χ1v) is 7.63. The van der Waals surface area contributed by atoms with Crippen LogP contribution in [0.5, 0.6) is 0 Å². The number of nitrogens with one attached hydrogen (secondary N) is 1. The molecule has 0 radical (unpaired) electrons. The second-order valence-corrected chi connectivity index (χ2v) is 5.90. The van der Waals surface area contributed by atoms with Crippen molar-refractivity contribution in [2.75, 3.05) is 11.9 Å². The van der Waals surface area contributed by atoms with Gasteiger partial charge in [-0.05, 0) is 36.5 Å². The van der Waals surface area contributed by atoms with Crippen LogP contribution in [0.15, 0.2) is 59.0 Å². The molecule has 4 nitrogen and oxygen atoms in total. The number of benzene rings is 2. The van der Waals surface area contributed by atoms with Crippen molar-refractivity contribution in [1.82, 2.24) is 4.98 Å². The number of hydrogen-bond donors (Lipinski definition) is 2. The number of rotatable bonds is 5. The monoisotopic (exact) mass is 294 g/mol. The van der Waals surface area contributed by atoms with E-state index in [0.29, 0.717) is 18.5 Å². The number of nitrogens with zero attached hydrogens (tertiary/aromatic N) is 1. The summed E-state index contributed by atoms with van der Waals surface area (Å²) in [5, 5.41) is 14.3. The van der Waals surface area contributed by atoms with Crippen LogP contribution in [0.4, 0.5) is 6.01 Å². The molecule has 4 rings (SSSR count). The van der Waals surface area contributed by atoms with E-state index in [-0.39, 0.29) is 0 Å². The van der Waals surface area contributed by atoms with Crippen molar-refractivity contribution in [3.8, 4) is 0 Å². The molecular weight excluding hydrogens is 276 g/mol. The molecular formula is C18H18N2O2. The van der Waals surface area contributed by atoms with E-state index in [1.54, 1.807) is 0 Å². The van der Waals surface area contributed by atoms with Crippen molar-refractivity contribution in [2.45, 2.75) is 18.4 Å². The van der Waals surface area contributed by atoms with Gasteiger partial charge in [-0.2, -0.15) is 4.98 Å². The number of para-hydroxylation sites is 2. The molecule has 1 unspecified atom stereocenters. The maximum atomic E-state index is 11.1. The molecule has 0 bridgehead atoms. The topological polar surface area (TPSA) is 58.3 Å². The lowest BCUT2D eigenvalue weighted by atomic mass is 9.89. The third kappa shape index (κ3) is 2.35. The summed E-state index contributed by atoms with van der Waals surface area (Å²) in [6, 6.07) is 17.9. The Morgan fingerprint density at radius 3 is 2.55 bits per heavy atom. The summed E-state index contributed by atoms with van der Waals surface area (Å²) >= 11 is 0. The minimum atomic E-state index is -0.873. The molecule has 0 aliphatic heterocycles. The quantitative estimate of drug-likeness (QED) is 0.755. The molecule has 1 saturated carbocycles. The largest absolute Gasteiger partial charge is 0.424 e. The molecule has 0 amide bonds. The maximum absolute atomic E-state index is 11.1. The normalized spacial score (nSPS) is 17.3. The highest BCUT2D eigenvalue weighted by atomic mass is 16.4. The van der Waals surface area contributed by atoms with E-state index in [1.165, 1.54) is 0 Å². The molecule has 1 aliphatic carbocycles. The molecule has 4 heteroatoms. The van der Waals surface area contributed by atoms with Crippen molar-refractivity contribution >= 4 is 17.1 Å². The van der Waals surface area contributed by atoms with Gasteiger partial charge in [-0.15, -0.1) is 0 Å². The van der Waals surface area contributed by atoms with Crippen molar-refractivity contribution in [2.24, 2.45) is 5.92 Å². The highest BCUT2D eigenvalue weighted by Crippen LogP contribution is 2.45. The van der Waals surface area contributed by atoms with Gasteiger partial charge >= 0.3 is 0 Å². The number of aliphatic hydroxyl groups is 1. The Bertz CT molecular complexity index is 747. The van der Waals surface area contributed by atoms with Crippen LogP contribution >= 0.6 is 0 Å². The Kier molecular flexibility index (Phi) is 3.12. The van der Waals surface area contributed by atoms with E-state index >= 15 is 0 Å². The molecule has 3 aromatic rings. The minimum Gasteiger partial charge on any atom is -0.424 e. The zero-order chi connectivity index (χ0) is 15.0. The summed E-state index contributed by atoms with van der Waals surface area (Å²) in [5.41, 5.74) is 1.64. The average Bonchev–Trinajstić information content (AvgIpc) is 3.33. The highest BCUT2D eigenvalue weighted by molar-refractivity contribution is 5.74. The van der Waals surface area contributed by atoms with Gasteiger partial charge in [0.2, 0.25) is 0 Å². The fraction of sp³-hybridized carbons (Fsp3) is 0.278. The summed E-state index contributed by atoms with van der Waals surface area (Å²) in [7, 11) is 0. The van der Waals surface area contributed by atoms with Gasteiger partial charge in [-0.25, -0.2) is 0 Å². The van der Waals surface area contributed by atoms with Crippen LogP contribution in [0, 0.1) is 5.92 Å². The second-order valence-electron chi connectivity index (χ2n) is 5.90. The summed E-state index contributed by atoms with van der Waals surface area (Å²) in [6.45, 7) is 0.397. The smallest absolute Gasteiger partial charge is 0.295 e. The van der Waals surface area contributed by atoms with Gasteiger partial charge in [-0.3, -0.25) is 0 Å². The summed E-state index contributed by atoms with van der Waals surface area (Å²) in [6.07, 6.45) is 2.11. The van der Waals surface area contributed by atoms with Crippen LogP contribution < -0.4 is 5.32 Å². The van der Waals surface area contributed by atoms with Gasteiger partial charge < -0.3 is 14.8 Å². The SMILES string of the molecule is OC(CNc1nc2ccccc2o1)(c1ccccc1)C1CC1. The van der Waals surface area contributed by atoms with Gasteiger partial charge in [0.05, 0.1) is 6.54 Å². The molecule has 1 heterocycles. The predicted octanol–water partition coefficient (Wildman–Crippen LogP) is 3.54. The molecule has 0 saturated heterocycles. The van der Waals surface area contributed by atoms with E-state index in [0.717, 1.165) is 29.5 Å². The fourth-order valence-corrected chi connectivity index (χ4v) is 2.93. The first-order chi connectivity index (χ1) is 10.8. The van der Waals surface area contributed by atoms with Gasteiger partial charge in [0.1, 0.15) is 11.1 Å². The van der Waals surface area contributed by atoms with Crippen molar-refractivity contribution < 1.29 is 9.52 Å². The van der Waals surface area contributed by atoms with Gasteiger partial charge in [0.15, 0.2) is 5.58 Å². The lowest BCUT2D eigenvalue weighted by molar-refractivity contribution is 0.0261. The predicted molar refractivity (Wildman–Crippen MR) is 85.6 cm³/mol. The Morgan fingerprint density at radius 1 is 1.09 bits per heavy atom. The molecule has 22 heavy (non-hydrogen) atoms. The third-order valence-electron chi connectivity index (χ3n) is 4.33. The van der Waals surface area contributed by atoms with Crippen molar-refractivity contribution in [1.29, 1.82) is 0 Å². The van der Waals surface area contributed by atoms with E-state index < -0.39 is 5.60 Å². The van der Waals surface area contributed by atoms with E-state index in [9.17, 15) is 5.11 Å². The number of anilines is 1. The molecule has 1 aliphatic rings. The average molecular weight is 294 g/mol. The number of aromatic nitrogens is 1. The third-order valence-corrected chi connectivity index (χ3v) is 4.33. The van der Waals surface area contributed by atoms with Crippen LogP contribution in [0.3, 0.4) is 0 Å². The molecule has 1 aromatic heterocycles. The maximum Gasteiger partial charge on any atom is 0.295 e. The number of oxazole rings is 1. The second kappa shape index (κ2) is 5.14. The van der Waals surface area contributed by atoms with Crippen LogP contribution in [-0.4, -0.2) is 16.6 Å². The van der Waals surface area contributed by atoms with Crippen LogP contribution in [0.1, 0.15) is 18.4 Å². The Balaban J connectivity index is 1.57. The molecule has 2 N–H and O–H groups in total. The van der Waals surface area contributed by atoms with Crippen molar-refractivity contribution in [3.63, 3.8) is 0 Å². The van der Waals surface area contributed by atoms with E-state index in [4.69, 9.17) is 4.42 Å². The van der Waals surface area contributed by atoms with E-state index in [2.05, 4.69) is 10.3 Å². The molecule has 112 valence electrons. The fourth-order valence-electron chi connectivity index (χ4n) is 2.93. The number of fused-ring (bicyclic) bond motifs is 1. The van der Waals surface area contributed by atoms with Crippen LogP contribution in [0.25, 0.3) is 11.1 Å². The van der Waals surface area contributed by atoms with E-state index in [1.807, 2.05) is 54.6 Å². The highest BCUT2D eigenvalue weighted by Gasteiger charge is 2.45. The van der Waals surface area contributed by atoms with Crippen LogP contribution in [-0.2, 0) is 5.60 Å². The Hall–Kier alpha value is -2.33. The summed E-state index contributed by atoms with van der Waals surface area (Å²) in [4.78, 5) is 4.40. The first-order valence-electron chi connectivity index (χ1n) is 7.63.